The summed E-state index contributed by atoms with van der Waals surface area (Å²) in [7, 11) is 0. The van der Waals surface area contributed by atoms with E-state index < -0.39 is 17.2 Å². The number of amides is 1. The van der Waals surface area contributed by atoms with Crippen LogP contribution in [0, 0.1) is 11.6 Å². The number of piperidine rings is 1. The molecule has 0 radical (unpaired) electrons. The number of pyridine rings is 1. The lowest BCUT2D eigenvalue weighted by Crippen LogP contribution is -2.44. The molecular weight excluding hydrogens is 420 g/mol. The second-order valence-electron chi connectivity index (χ2n) is 8.95. The third-order valence-corrected chi connectivity index (χ3v) is 4.65. The zero-order chi connectivity index (χ0) is 23.5. The Kier molecular flexibility index (Phi) is 7.10. The molecular formula is C22H29F2N5O3. The Morgan fingerprint density at radius 1 is 1.16 bits per heavy atom. The van der Waals surface area contributed by atoms with Crippen LogP contribution < -0.4 is 10.1 Å². The van der Waals surface area contributed by atoms with E-state index in [-0.39, 0.29) is 41.3 Å². The molecule has 1 aliphatic rings. The van der Waals surface area contributed by atoms with Crippen LogP contribution in [0.25, 0.3) is 11.3 Å². The zero-order valence-corrected chi connectivity index (χ0v) is 19.0. The van der Waals surface area contributed by atoms with Gasteiger partial charge in [0.25, 0.3) is 5.88 Å². The van der Waals surface area contributed by atoms with Gasteiger partial charge in [-0.05, 0) is 53.5 Å². The summed E-state index contributed by atoms with van der Waals surface area (Å²) in [5.74, 6) is -1.30. The van der Waals surface area contributed by atoms with E-state index in [0.717, 1.165) is 12.3 Å². The molecule has 0 bridgehead atoms. The van der Waals surface area contributed by atoms with Crippen LogP contribution in [-0.2, 0) is 4.74 Å². The number of rotatable bonds is 5. The highest BCUT2D eigenvalue weighted by molar-refractivity contribution is 5.68. The topological polar surface area (TPSA) is 89.5 Å². The summed E-state index contributed by atoms with van der Waals surface area (Å²) < 4.78 is 39.3. The second-order valence-corrected chi connectivity index (χ2v) is 8.95. The van der Waals surface area contributed by atoms with E-state index in [9.17, 15) is 13.6 Å². The fourth-order valence-electron chi connectivity index (χ4n) is 3.22. The van der Waals surface area contributed by atoms with E-state index in [1.807, 2.05) is 20.8 Å². The van der Waals surface area contributed by atoms with Gasteiger partial charge in [0.2, 0.25) is 5.95 Å². The van der Waals surface area contributed by atoms with Gasteiger partial charge >= 0.3 is 6.09 Å². The Bertz CT molecular complexity index is 957. The van der Waals surface area contributed by atoms with Crippen molar-refractivity contribution in [3.63, 3.8) is 0 Å². The third kappa shape index (κ3) is 6.24. The average molecular weight is 450 g/mol. The van der Waals surface area contributed by atoms with Crippen LogP contribution in [0.1, 0.15) is 47.5 Å². The van der Waals surface area contributed by atoms with E-state index in [4.69, 9.17) is 9.47 Å². The van der Waals surface area contributed by atoms with Gasteiger partial charge in [-0.1, -0.05) is 0 Å². The van der Waals surface area contributed by atoms with Crippen LogP contribution >= 0.6 is 0 Å². The number of nitrogens with zero attached hydrogens (tertiary/aromatic N) is 4. The highest BCUT2D eigenvalue weighted by Gasteiger charge is 2.27. The number of ether oxygens (including phenoxy) is 2. The van der Waals surface area contributed by atoms with Crippen molar-refractivity contribution in [3.8, 4) is 17.1 Å². The van der Waals surface area contributed by atoms with Crippen molar-refractivity contribution in [1.82, 2.24) is 19.9 Å². The predicted molar refractivity (Wildman–Crippen MR) is 115 cm³/mol. The average Bonchev–Trinajstić information content (AvgIpc) is 2.70. The lowest BCUT2D eigenvalue weighted by molar-refractivity contribution is 0.0210. The number of hydrogen-bond acceptors (Lipinski definition) is 7. The highest BCUT2D eigenvalue weighted by Crippen LogP contribution is 2.26. The highest BCUT2D eigenvalue weighted by atomic mass is 19.1. The number of halogens is 2. The molecule has 3 heterocycles. The Hall–Kier alpha value is -3.04. The smallest absolute Gasteiger partial charge is 0.410 e. The van der Waals surface area contributed by atoms with Gasteiger partial charge in [-0.2, -0.15) is 0 Å². The molecule has 8 nitrogen and oxygen atoms in total. The zero-order valence-electron chi connectivity index (χ0n) is 19.0. The van der Waals surface area contributed by atoms with Gasteiger partial charge in [0.05, 0.1) is 12.3 Å². The Morgan fingerprint density at radius 2 is 1.84 bits per heavy atom. The number of carbonyl (C=O) groups excluding carboxylic acids is 1. The van der Waals surface area contributed by atoms with Crippen LogP contribution in [0.4, 0.5) is 19.5 Å². The first-order valence-electron chi connectivity index (χ1n) is 10.6. The van der Waals surface area contributed by atoms with Crippen LogP contribution in [0.15, 0.2) is 18.5 Å². The SMILES string of the molecule is CC(C)Oc1ncc(-c2nc(NC3CCN(C(=O)OC(C)(C)C)CC3)ncc2F)cc1F. The van der Waals surface area contributed by atoms with Gasteiger partial charge in [-0.15, -0.1) is 0 Å². The van der Waals surface area contributed by atoms with Crippen LogP contribution in [0.5, 0.6) is 5.88 Å². The second kappa shape index (κ2) is 9.62. The van der Waals surface area contributed by atoms with Gasteiger partial charge in [-0.25, -0.2) is 28.5 Å². The summed E-state index contributed by atoms with van der Waals surface area (Å²) in [5, 5.41) is 3.17. The van der Waals surface area contributed by atoms with Crippen molar-refractivity contribution in [2.75, 3.05) is 18.4 Å². The fraction of sp³-hybridized carbons (Fsp3) is 0.545. The quantitative estimate of drug-likeness (QED) is 0.723. The van der Waals surface area contributed by atoms with Crippen molar-refractivity contribution in [3.05, 3.63) is 30.1 Å². The summed E-state index contributed by atoms with van der Waals surface area (Å²) in [5.41, 5.74) is -0.421. The Labute approximate surface area is 186 Å². The standard InChI is InChI=1S/C22H29F2N5O3/c1-13(2)31-19-16(23)10-14(11-25-19)18-17(24)12-26-20(28-18)27-15-6-8-29(9-7-15)21(30)32-22(3,4)5/h10-13,15H,6-9H2,1-5H3,(H,26,27,28). The van der Waals surface area contributed by atoms with E-state index in [2.05, 4.69) is 20.3 Å². The number of nitrogens with one attached hydrogen (secondary N) is 1. The van der Waals surface area contributed by atoms with Gasteiger partial charge < -0.3 is 19.7 Å². The summed E-state index contributed by atoms with van der Waals surface area (Å²) in [4.78, 5) is 26.0. The summed E-state index contributed by atoms with van der Waals surface area (Å²) in [6.45, 7) is 10.0. The first kappa shape index (κ1) is 23.6. The monoisotopic (exact) mass is 449 g/mol. The predicted octanol–water partition coefficient (Wildman–Crippen LogP) is 4.42. The molecule has 0 aliphatic carbocycles. The molecule has 174 valence electrons. The van der Waals surface area contributed by atoms with Crippen LogP contribution in [0.3, 0.4) is 0 Å². The Balaban J connectivity index is 1.66. The molecule has 1 fully saturated rings. The van der Waals surface area contributed by atoms with E-state index in [0.29, 0.717) is 25.9 Å². The van der Waals surface area contributed by atoms with Crippen LogP contribution in [0.2, 0.25) is 0 Å². The van der Waals surface area contributed by atoms with Crippen molar-refractivity contribution >= 4 is 12.0 Å². The van der Waals surface area contributed by atoms with Crippen molar-refractivity contribution < 1.29 is 23.0 Å². The molecule has 0 spiro atoms. The third-order valence-electron chi connectivity index (χ3n) is 4.65. The number of carbonyl (C=O) groups is 1. The van der Waals surface area contributed by atoms with E-state index >= 15 is 0 Å². The molecule has 1 amide bonds. The number of aromatic nitrogens is 3. The van der Waals surface area contributed by atoms with E-state index in [1.54, 1.807) is 18.7 Å². The number of hydrogen-bond donors (Lipinski definition) is 1. The lowest BCUT2D eigenvalue weighted by Gasteiger charge is -2.33. The number of anilines is 1. The minimum atomic E-state index is -0.696. The molecule has 2 aromatic heterocycles. The van der Waals surface area contributed by atoms with Gasteiger partial charge in [0, 0.05) is 30.9 Å². The summed E-state index contributed by atoms with van der Waals surface area (Å²) in [6.07, 6.45) is 3.10. The first-order valence-corrected chi connectivity index (χ1v) is 10.6. The molecule has 0 aromatic carbocycles. The molecule has 0 saturated carbocycles. The summed E-state index contributed by atoms with van der Waals surface area (Å²) in [6, 6.07) is 1.14. The maximum atomic E-state index is 14.4. The molecule has 0 unspecified atom stereocenters. The molecule has 1 saturated heterocycles. The lowest BCUT2D eigenvalue weighted by atomic mass is 10.1. The summed E-state index contributed by atoms with van der Waals surface area (Å²) >= 11 is 0. The normalized spacial score (nSPS) is 15.1. The van der Waals surface area contributed by atoms with Gasteiger partial charge in [0.1, 0.15) is 11.3 Å². The maximum absolute atomic E-state index is 14.4. The minimum absolute atomic E-state index is 0.00340. The molecule has 2 aromatic rings. The molecule has 1 N–H and O–H groups in total. The van der Waals surface area contributed by atoms with Crippen LogP contribution in [-0.4, -0.2) is 56.8 Å². The van der Waals surface area contributed by atoms with Gasteiger partial charge in [0.15, 0.2) is 11.6 Å². The molecule has 3 rings (SSSR count). The molecule has 32 heavy (non-hydrogen) atoms. The maximum Gasteiger partial charge on any atom is 0.410 e. The van der Waals surface area contributed by atoms with Gasteiger partial charge in [-0.3, -0.25) is 0 Å². The molecule has 1 aliphatic heterocycles. The fourth-order valence-corrected chi connectivity index (χ4v) is 3.22. The van der Waals surface area contributed by atoms with Crippen molar-refractivity contribution in [2.45, 2.75) is 65.2 Å². The molecule has 0 atom stereocenters. The van der Waals surface area contributed by atoms with E-state index in [1.165, 1.54) is 6.20 Å². The minimum Gasteiger partial charge on any atom is -0.473 e. The number of likely N-dealkylation sites (tertiary alicyclic amines) is 1. The largest absolute Gasteiger partial charge is 0.473 e. The van der Waals surface area contributed by atoms with Crippen molar-refractivity contribution in [2.24, 2.45) is 0 Å². The Morgan fingerprint density at radius 3 is 2.44 bits per heavy atom. The first-order chi connectivity index (χ1) is 15.0. The van der Waals surface area contributed by atoms with Crippen molar-refractivity contribution in [1.29, 1.82) is 0 Å². The molecule has 10 heteroatoms.